The maximum absolute atomic E-state index is 5.86. The molecule has 3 unspecified atom stereocenters. The summed E-state index contributed by atoms with van der Waals surface area (Å²) in [6, 6.07) is 13.5. The van der Waals surface area contributed by atoms with Crippen molar-refractivity contribution in [1.82, 2.24) is 5.32 Å². The molecule has 0 fully saturated rings. The molecule has 112 valence electrons. The zero-order valence-electron chi connectivity index (χ0n) is 12.9. The predicted octanol–water partition coefficient (Wildman–Crippen LogP) is 4.80. The monoisotopic (exact) mass is 301 g/mol. The van der Waals surface area contributed by atoms with Gasteiger partial charge in [-0.1, -0.05) is 45.0 Å². The van der Waals surface area contributed by atoms with E-state index in [1.54, 1.807) is 0 Å². The molecule has 0 saturated heterocycles. The number of fused-ring (bicyclic) bond motifs is 1. The Kier molecular flexibility index (Phi) is 4.32. The molecule has 1 aliphatic heterocycles. The number of benzene rings is 1. The van der Waals surface area contributed by atoms with E-state index >= 15 is 0 Å². The van der Waals surface area contributed by atoms with Crippen LogP contribution in [-0.4, -0.2) is 6.61 Å². The van der Waals surface area contributed by atoms with Gasteiger partial charge in [-0.3, -0.25) is 0 Å². The normalized spacial score (nSPS) is 22.7. The van der Waals surface area contributed by atoms with Crippen LogP contribution in [0.3, 0.4) is 0 Å². The average molecular weight is 301 g/mol. The highest BCUT2D eigenvalue weighted by Crippen LogP contribution is 2.38. The van der Waals surface area contributed by atoms with E-state index < -0.39 is 0 Å². The third-order valence-corrected chi connectivity index (χ3v) is 5.16. The van der Waals surface area contributed by atoms with Gasteiger partial charge in [-0.2, -0.15) is 0 Å². The van der Waals surface area contributed by atoms with Gasteiger partial charge in [0.2, 0.25) is 0 Å². The molecule has 0 amide bonds. The van der Waals surface area contributed by atoms with E-state index in [9.17, 15) is 0 Å². The van der Waals surface area contributed by atoms with Crippen molar-refractivity contribution in [2.45, 2.75) is 32.9 Å². The molecular formula is C18H23NOS. The smallest absolute Gasteiger partial charge is 0.124 e. The number of rotatable bonds is 4. The highest BCUT2D eigenvalue weighted by molar-refractivity contribution is 7.10. The first-order chi connectivity index (χ1) is 10.2. The van der Waals surface area contributed by atoms with Gasteiger partial charge in [0.25, 0.3) is 0 Å². The Hall–Kier alpha value is -1.32. The van der Waals surface area contributed by atoms with Crippen LogP contribution >= 0.6 is 11.3 Å². The van der Waals surface area contributed by atoms with Crippen molar-refractivity contribution in [2.24, 2.45) is 11.8 Å². The summed E-state index contributed by atoms with van der Waals surface area (Å²) in [7, 11) is 0. The van der Waals surface area contributed by atoms with E-state index in [1.165, 1.54) is 10.4 Å². The van der Waals surface area contributed by atoms with Crippen molar-refractivity contribution in [3.63, 3.8) is 0 Å². The maximum atomic E-state index is 5.86. The Morgan fingerprint density at radius 1 is 1.19 bits per heavy atom. The highest BCUT2D eigenvalue weighted by atomic mass is 32.1. The fraction of sp³-hybridized carbons (Fsp3) is 0.444. The van der Waals surface area contributed by atoms with Gasteiger partial charge in [-0.05, 0) is 23.4 Å². The van der Waals surface area contributed by atoms with Crippen molar-refractivity contribution in [1.29, 1.82) is 0 Å². The zero-order chi connectivity index (χ0) is 14.8. The second-order valence-electron chi connectivity index (χ2n) is 6.21. The van der Waals surface area contributed by atoms with E-state index in [0.29, 0.717) is 23.9 Å². The van der Waals surface area contributed by atoms with Gasteiger partial charge in [-0.25, -0.2) is 0 Å². The first-order valence-corrected chi connectivity index (χ1v) is 8.56. The number of ether oxygens (including phenoxy) is 1. The van der Waals surface area contributed by atoms with Crippen LogP contribution in [0.15, 0.2) is 41.8 Å². The summed E-state index contributed by atoms with van der Waals surface area (Å²) in [6.45, 7) is 7.61. The lowest BCUT2D eigenvalue weighted by Gasteiger charge is -2.36. The summed E-state index contributed by atoms with van der Waals surface area (Å²) in [6.07, 6.45) is 0. The Balaban J connectivity index is 1.89. The fourth-order valence-corrected chi connectivity index (χ4v) is 3.97. The van der Waals surface area contributed by atoms with Crippen LogP contribution in [0, 0.1) is 11.8 Å². The lowest BCUT2D eigenvalue weighted by molar-refractivity contribution is 0.173. The van der Waals surface area contributed by atoms with E-state index in [2.05, 4.69) is 61.8 Å². The van der Waals surface area contributed by atoms with Crippen molar-refractivity contribution in [2.75, 3.05) is 6.61 Å². The minimum absolute atomic E-state index is 0.351. The SMILES string of the molecule is CC(C)C(NC1c2ccccc2OCC1C)c1cccs1. The molecule has 0 aliphatic carbocycles. The Morgan fingerprint density at radius 3 is 2.71 bits per heavy atom. The predicted molar refractivity (Wildman–Crippen MR) is 88.9 cm³/mol. The minimum Gasteiger partial charge on any atom is -0.493 e. The Bertz CT molecular complexity index is 579. The lowest BCUT2D eigenvalue weighted by atomic mass is 9.90. The standard InChI is InChI=1S/C18H23NOS/c1-12(2)17(16-9-6-10-21-16)19-18-13(3)11-20-15-8-5-4-7-14(15)18/h4-10,12-13,17-19H,11H2,1-3H3. The molecule has 1 aromatic heterocycles. The van der Waals surface area contributed by atoms with Crippen LogP contribution in [-0.2, 0) is 0 Å². The van der Waals surface area contributed by atoms with Crippen LogP contribution in [0.4, 0.5) is 0 Å². The molecule has 1 aliphatic rings. The first kappa shape index (κ1) is 14.6. The third-order valence-electron chi connectivity index (χ3n) is 4.20. The molecular weight excluding hydrogens is 278 g/mol. The molecule has 3 atom stereocenters. The van der Waals surface area contributed by atoms with Gasteiger partial charge in [0.05, 0.1) is 6.61 Å². The molecule has 2 heterocycles. The van der Waals surface area contributed by atoms with Crippen molar-refractivity contribution in [3.8, 4) is 5.75 Å². The van der Waals surface area contributed by atoms with Gasteiger partial charge < -0.3 is 10.1 Å². The second kappa shape index (κ2) is 6.20. The van der Waals surface area contributed by atoms with Gasteiger partial charge >= 0.3 is 0 Å². The summed E-state index contributed by atoms with van der Waals surface area (Å²) >= 11 is 1.84. The fourth-order valence-electron chi connectivity index (χ4n) is 3.01. The number of hydrogen-bond acceptors (Lipinski definition) is 3. The van der Waals surface area contributed by atoms with Gasteiger partial charge in [0, 0.05) is 28.4 Å². The maximum Gasteiger partial charge on any atom is 0.124 e. The average Bonchev–Trinajstić information content (AvgIpc) is 3.00. The number of thiophene rings is 1. The molecule has 0 radical (unpaired) electrons. The summed E-state index contributed by atoms with van der Waals surface area (Å²) in [5.41, 5.74) is 1.29. The second-order valence-corrected chi connectivity index (χ2v) is 7.19. The molecule has 1 N–H and O–H groups in total. The third kappa shape index (κ3) is 2.99. The molecule has 2 nitrogen and oxygen atoms in total. The van der Waals surface area contributed by atoms with Crippen LogP contribution in [0.1, 0.15) is 43.3 Å². The van der Waals surface area contributed by atoms with Gasteiger partial charge in [-0.15, -0.1) is 11.3 Å². The summed E-state index contributed by atoms with van der Waals surface area (Å²) in [5, 5.41) is 6.05. The minimum atomic E-state index is 0.351. The largest absolute Gasteiger partial charge is 0.493 e. The Labute approximate surface area is 131 Å². The molecule has 2 aromatic rings. The molecule has 3 rings (SSSR count). The van der Waals surface area contributed by atoms with Gasteiger partial charge in [0.15, 0.2) is 0 Å². The summed E-state index contributed by atoms with van der Waals surface area (Å²) in [4.78, 5) is 1.42. The number of para-hydroxylation sites is 1. The van der Waals surface area contributed by atoms with Gasteiger partial charge in [0.1, 0.15) is 5.75 Å². The van der Waals surface area contributed by atoms with Crippen molar-refractivity contribution in [3.05, 3.63) is 52.2 Å². The van der Waals surface area contributed by atoms with E-state index in [1.807, 2.05) is 17.4 Å². The first-order valence-electron chi connectivity index (χ1n) is 7.68. The Morgan fingerprint density at radius 2 is 2.00 bits per heavy atom. The van der Waals surface area contributed by atoms with E-state index in [0.717, 1.165) is 12.4 Å². The molecule has 0 saturated carbocycles. The van der Waals surface area contributed by atoms with Crippen LogP contribution < -0.4 is 10.1 Å². The van der Waals surface area contributed by atoms with Crippen LogP contribution in [0.2, 0.25) is 0 Å². The molecule has 3 heteroatoms. The quantitative estimate of drug-likeness (QED) is 0.875. The van der Waals surface area contributed by atoms with E-state index in [4.69, 9.17) is 4.74 Å². The lowest BCUT2D eigenvalue weighted by Crippen LogP contribution is -2.37. The number of nitrogens with one attached hydrogen (secondary N) is 1. The van der Waals surface area contributed by atoms with Crippen LogP contribution in [0.25, 0.3) is 0 Å². The van der Waals surface area contributed by atoms with Crippen molar-refractivity contribution >= 4 is 11.3 Å². The summed E-state index contributed by atoms with van der Waals surface area (Å²) < 4.78 is 5.86. The molecule has 0 spiro atoms. The van der Waals surface area contributed by atoms with E-state index in [-0.39, 0.29) is 0 Å². The number of hydrogen-bond donors (Lipinski definition) is 1. The molecule has 21 heavy (non-hydrogen) atoms. The molecule has 1 aromatic carbocycles. The van der Waals surface area contributed by atoms with Crippen LogP contribution in [0.5, 0.6) is 5.75 Å². The summed E-state index contributed by atoms with van der Waals surface area (Å²) in [5.74, 6) is 2.06. The zero-order valence-corrected chi connectivity index (χ0v) is 13.7. The van der Waals surface area contributed by atoms with Crippen molar-refractivity contribution < 1.29 is 4.74 Å². The molecule has 0 bridgehead atoms. The highest BCUT2D eigenvalue weighted by Gasteiger charge is 2.31. The topological polar surface area (TPSA) is 21.3 Å².